The van der Waals surface area contributed by atoms with Crippen molar-refractivity contribution < 1.29 is 4.79 Å². The third kappa shape index (κ3) is 1.93. The first kappa shape index (κ1) is 12.4. The summed E-state index contributed by atoms with van der Waals surface area (Å²) in [4.78, 5) is 24.6. The molecule has 0 N–H and O–H groups in total. The van der Waals surface area contributed by atoms with Crippen molar-refractivity contribution in [2.45, 2.75) is 6.92 Å². The molecule has 1 heterocycles. The number of hydrogen-bond acceptors (Lipinski definition) is 2. The zero-order valence-electron chi connectivity index (χ0n) is 11.0. The number of carbonyl (C=O) groups excluding carboxylic acids is 1. The molecule has 0 aliphatic rings. The molecule has 0 spiro atoms. The molecule has 3 heteroatoms. The van der Waals surface area contributed by atoms with Gasteiger partial charge in [-0.3, -0.25) is 14.2 Å². The van der Waals surface area contributed by atoms with Gasteiger partial charge in [-0.15, -0.1) is 0 Å². The Kier molecular flexibility index (Phi) is 2.95. The minimum atomic E-state index is -0.126. The Hall–Kier alpha value is -2.68. The number of benzene rings is 2. The Morgan fingerprint density at radius 3 is 2.35 bits per heavy atom. The second-order valence-corrected chi connectivity index (χ2v) is 4.67. The lowest BCUT2D eigenvalue weighted by Crippen LogP contribution is -2.19. The van der Waals surface area contributed by atoms with Gasteiger partial charge >= 0.3 is 0 Å². The molecular formula is C17H13NO2. The lowest BCUT2D eigenvalue weighted by atomic mass is 10.1. The van der Waals surface area contributed by atoms with Gasteiger partial charge in [-0.05, 0) is 31.2 Å². The number of nitrogens with zero attached hydrogens (tertiary/aromatic N) is 1. The molecule has 0 fully saturated rings. The third-order valence-corrected chi connectivity index (χ3v) is 3.33. The minimum Gasteiger partial charge on any atom is -0.289 e. The van der Waals surface area contributed by atoms with Crippen LogP contribution in [0.1, 0.15) is 16.1 Å². The van der Waals surface area contributed by atoms with Gasteiger partial charge < -0.3 is 0 Å². The van der Waals surface area contributed by atoms with Crippen molar-refractivity contribution in [1.29, 1.82) is 0 Å². The van der Waals surface area contributed by atoms with Gasteiger partial charge in [0, 0.05) is 22.7 Å². The highest BCUT2D eigenvalue weighted by Gasteiger charge is 2.13. The lowest BCUT2D eigenvalue weighted by Gasteiger charge is -2.13. The predicted octanol–water partition coefficient (Wildman–Crippen LogP) is 3.00. The monoisotopic (exact) mass is 263 g/mol. The van der Waals surface area contributed by atoms with Crippen LogP contribution in [-0.4, -0.2) is 10.5 Å². The number of hydrogen-bond donors (Lipinski definition) is 0. The number of aryl methyl sites for hydroxylation is 1. The van der Waals surface area contributed by atoms with Crippen LogP contribution in [0.3, 0.4) is 0 Å². The van der Waals surface area contributed by atoms with E-state index in [4.69, 9.17) is 0 Å². The van der Waals surface area contributed by atoms with Crippen LogP contribution >= 0.6 is 0 Å². The highest BCUT2D eigenvalue weighted by molar-refractivity contribution is 6.01. The summed E-state index contributed by atoms with van der Waals surface area (Å²) < 4.78 is 1.59. The second kappa shape index (κ2) is 4.78. The van der Waals surface area contributed by atoms with E-state index in [9.17, 15) is 9.59 Å². The highest BCUT2D eigenvalue weighted by Crippen LogP contribution is 2.15. The summed E-state index contributed by atoms with van der Waals surface area (Å²) in [5.41, 5.74) is 1.83. The molecule has 0 radical (unpaired) electrons. The molecule has 0 atom stereocenters. The van der Waals surface area contributed by atoms with E-state index in [1.807, 2.05) is 24.3 Å². The highest BCUT2D eigenvalue weighted by atomic mass is 16.2. The van der Waals surface area contributed by atoms with E-state index in [-0.39, 0.29) is 11.3 Å². The summed E-state index contributed by atoms with van der Waals surface area (Å²) in [5, 5.41) is 0.558. The molecule has 2 aromatic carbocycles. The van der Waals surface area contributed by atoms with E-state index in [0.717, 1.165) is 0 Å². The maximum atomic E-state index is 12.7. The van der Waals surface area contributed by atoms with Crippen molar-refractivity contribution in [3.8, 4) is 0 Å². The molecule has 3 nitrogen and oxygen atoms in total. The zero-order valence-corrected chi connectivity index (χ0v) is 11.0. The number of rotatable bonds is 1. The lowest BCUT2D eigenvalue weighted by molar-refractivity contribution is 0.0962. The first-order valence-corrected chi connectivity index (χ1v) is 6.39. The van der Waals surface area contributed by atoms with Crippen LogP contribution in [0.15, 0.2) is 65.5 Å². The van der Waals surface area contributed by atoms with Crippen LogP contribution in [0.5, 0.6) is 0 Å². The van der Waals surface area contributed by atoms with Crippen LogP contribution in [0.25, 0.3) is 10.9 Å². The largest absolute Gasteiger partial charge is 0.289 e. The van der Waals surface area contributed by atoms with Crippen molar-refractivity contribution in [1.82, 2.24) is 4.57 Å². The summed E-state index contributed by atoms with van der Waals surface area (Å²) in [6.07, 6.45) is 0. The first-order chi connectivity index (χ1) is 9.68. The first-order valence-electron chi connectivity index (χ1n) is 6.39. The van der Waals surface area contributed by atoms with Gasteiger partial charge in [-0.2, -0.15) is 0 Å². The van der Waals surface area contributed by atoms with E-state index in [0.29, 0.717) is 22.2 Å². The molecule has 0 saturated carbocycles. The Balaban J connectivity index is 2.32. The summed E-state index contributed by atoms with van der Waals surface area (Å²) in [6.45, 7) is 1.77. The molecule has 0 aliphatic carbocycles. The topological polar surface area (TPSA) is 39.1 Å². The molecule has 0 bridgehead atoms. The van der Waals surface area contributed by atoms with Crippen molar-refractivity contribution >= 4 is 16.8 Å². The standard InChI is InChI=1S/C17H13NO2/c1-12-11-16(19)14-9-5-6-10-15(14)18(12)17(20)13-7-3-2-4-8-13/h2-11H,1H3. The Morgan fingerprint density at radius 1 is 0.950 bits per heavy atom. The van der Waals surface area contributed by atoms with Crippen LogP contribution in [0.2, 0.25) is 0 Å². The van der Waals surface area contributed by atoms with E-state index in [1.54, 1.807) is 41.8 Å². The number of pyridine rings is 1. The zero-order chi connectivity index (χ0) is 14.1. The van der Waals surface area contributed by atoms with E-state index in [1.165, 1.54) is 6.07 Å². The third-order valence-electron chi connectivity index (χ3n) is 3.33. The summed E-state index contributed by atoms with van der Waals surface area (Å²) >= 11 is 0. The van der Waals surface area contributed by atoms with Crippen LogP contribution in [-0.2, 0) is 0 Å². The van der Waals surface area contributed by atoms with Gasteiger partial charge in [0.25, 0.3) is 5.91 Å². The summed E-state index contributed by atoms with van der Waals surface area (Å²) in [6, 6.07) is 17.7. The Morgan fingerprint density at radius 2 is 1.60 bits per heavy atom. The molecule has 0 amide bonds. The molecule has 0 unspecified atom stereocenters. The van der Waals surface area contributed by atoms with Gasteiger partial charge in [0.15, 0.2) is 5.43 Å². The minimum absolute atomic E-state index is 0.0600. The van der Waals surface area contributed by atoms with Gasteiger partial charge in [-0.25, -0.2) is 0 Å². The number of fused-ring (bicyclic) bond motifs is 1. The van der Waals surface area contributed by atoms with Gasteiger partial charge in [-0.1, -0.05) is 30.3 Å². The maximum absolute atomic E-state index is 12.7. The molecular weight excluding hydrogens is 250 g/mol. The SMILES string of the molecule is Cc1cc(=O)c2ccccc2n1C(=O)c1ccccc1. The summed E-state index contributed by atoms with van der Waals surface area (Å²) in [5.74, 6) is -0.126. The average Bonchev–Trinajstić information content (AvgIpc) is 2.48. The Bertz CT molecular complexity index is 848. The molecule has 3 rings (SSSR count). The van der Waals surface area contributed by atoms with Crippen LogP contribution in [0, 0.1) is 6.92 Å². The van der Waals surface area contributed by atoms with Crippen LogP contribution in [0.4, 0.5) is 0 Å². The molecule has 3 aromatic rings. The Labute approximate surface area is 116 Å². The number of carbonyl (C=O) groups is 1. The van der Waals surface area contributed by atoms with E-state index >= 15 is 0 Å². The normalized spacial score (nSPS) is 10.7. The smallest absolute Gasteiger partial charge is 0.262 e. The van der Waals surface area contributed by atoms with E-state index in [2.05, 4.69) is 0 Å². The maximum Gasteiger partial charge on any atom is 0.262 e. The molecule has 20 heavy (non-hydrogen) atoms. The average molecular weight is 263 g/mol. The molecule has 1 aromatic heterocycles. The summed E-state index contributed by atoms with van der Waals surface area (Å²) in [7, 11) is 0. The van der Waals surface area contributed by atoms with Gasteiger partial charge in [0.2, 0.25) is 0 Å². The quantitative estimate of drug-likeness (QED) is 0.677. The van der Waals surface area contributed by atoms with Gasteiger partial charge in [0.1, 0.15) is 0 Å². The molecule has 0 aliphatic heterocycles. The van der Waals surface area contributed by atoms with Crippen molar-refractivity contribution in [3.05, 3.63) is 82.1 Å². The van der Waals surface area contributed by atoms with Gasteiger partial charge in [0.05, 0.1) is 5.52 Å². The van der Waals surface area contributed by atoms with Crippen LogP contribution < -0.4 is 5.43 Å². The van der Waals surface area contributed by atoms with Crippen molar-refractivity contribution in [2.75, 3.05) is 0 Å². The second-order valence-electron chi connectivity index (χ2n) is 4.67. The fraction of sp³-hybridized carbons (Fsp3) is 0.0588. The molecule has 98 valence electrons. The van der Waals surface area contributed by atoms with Crippen molar-refractivity contribution in [3.63, 3.8) is 0 Å². The number of para-hydroxylation sites is 1. The van der Waals surface area contributed by atoms with E-state index < -0.39 is 0 Å². The number of aromatic nitrogens is 1. The predicted molar refractivity (Wildman–Crippen MR) is 79.1 cm³/mol. The fourth-order valence-corrected chi connectivity index (χ4v) is 2.38. The fourth-order valence-electron chi connectivity index (χ4n) is 2.38. The molecule has 0 saturated heterocycles. The van der Waals surface area contributed by atoms with Crippen molar-refractivity contribution in [2.24, 2.45) is 0 Å².